The summed E-state index contributed by atoms with van der Waals surface area (Å²) in [4.78, 5) is 24.6. The van der Waals surface area contributed by atoms with Gasteiger partial charge in [-0.05, 0) is 55.3 Å². The van der Waals surface area contributed by atoms with Crippen molar-refractivity contribution in [3.8, 4) is 5.75 Å². The second-order valence-corrected chi connectivity index (χ2v) is 6.65. The van der Waals surface area contributed by atoms with Gasteiger partial charge in [-0.3, -0.25) is 9.59 Å². The first kappa shape index (κ1) is 17.9. The van der Waals surface area contributed by atoms with Crippen LogP contribution < -0.4 is 15.4 Å². The molecular weight excluding hydrogens is 356 g/mol. The van der Waals surface area contributed by atoms with E-state index in [-0.39, 0.29) is 30.2 Å². The number of amides is 2. The smallest absolute Gasteiger partial charge is 0.291 e. The molecule has 0 unspecified atom stereocenters. The molecule has 3 aromatic rings. The molecule has 1 aromatic heterocycles. The number of nitrogens with one attached hydrogen (secondary N) is 2. The number of rotatable bonds is 7. The minimum absolute atomic E-state index is 0.128. The molecule has 4 rings (SSSR count). The monoisotopic (exact) mass is 376 g/mol. The first-order chi connectivity index (χ1) is 13.7. The summed E-state index contributed by atoms with van der Waals surface area (Å²) in [5.41, 5.74) is 1.05. The highest BCUT2D eigenvalue weighted by Gasteiger charge is 2.24. The first-order valence-electron chi connectivity index (χ1n) is 9.16. The van der Waals surface area contributed by atoms with E-state index in [4.69, 9.17) is 9.15 Å². The summed E-state index contributed by atoms with van der Waals surface area (Å²) in [6.45, 7) is 0.230. The molecule has 1 aliphatic carbocycles. The highest BCUT2D eigenvalue weighted by molar-refractivity contribution is 6.03. The lowest BCUT2D eigenvalue weighted by atomic mass is 10.2. The van der Waals surface area contributed by atoms with E-state index in [0.29, 0.717) is 17.0 Å². The minimum Gasteiger partial charge on any atom is -0.486 e. The van der Waals surface area contributed by atoms with Gasteiger partial charge in [0.15, 0.2) is 5.76 Å². The molecule has 6 heteroatoms. The molecule has 0 atom stereocenters. The molecule has 2 N–H and O–H groups in total. The van der Waals surface area contributed by atoms with Crippen LogP contribution in [0.5, 0.6) is 5.75 Å². The average molecular weight is 376 g/mol. The normalized spacial score (nSPS) is 13.0. The molecule has 142 valence electrons. The molecular formula is C22H20N2O4. The Morgan fingerprint density at radius 2 is 1.79 bits per heavy atom. The Balaban J connectivity index is 1.36. The van der Waals surface area contributed by atoms with Crippen LogP contribution in [0.2, 0.25) is 0 Å². The van der Waals surface area contributed by atoms with Crippen molar-refractivity contribution in [3.63, 3.8) is 0 Å². The van der Waals surface area contributed by atoms with E-state index in [2.05, 4.69) is 10.6 Å². The maximum absolute atomic E-state index is 12.4. The van der Waals surface area contributed by atoms with Gasteiger partial charge in [0.25, 0.3) is 11.8 Å². The lowest BCUT2D eigenvalue weighted by Gasteiger charge is -2.07. The second-order valence-electron chi connectivity index (χ2n) is 6.65. The van der Waals surface area contributed by atoms with Gasteiger partial charge >= 0.3 is 0 Å². The number of para-hydroxylation sites is 1. The van der Waals surface area contributed by atoms with Crippen molar-refractivity contribution in [2.75, 3.05) is 5.32 Å². The highest BCUT2D eigenvalue weighted by Crippen LogP contribution is 2.20. The van der Waals surface area contributed by atoms with Gasteiger partial charge in [0, 0.05) is 17.3 Å². The molecule has 0 bridgehead atoms. The van der Waals surface area contributed by atoms with Crippen molar-refractivity contribution in [2.24, 2.45) is 0 Å². The van der Waals surface area contributed by atoms with E-state index in [1.54, 1.807) is 36.4 Å². The minimum atomic E-state index is -0.384. The van der Waals surface area contributed by atoms with Crippen LogP contribution in [0.15, 0.2) is 71.1 Å². The summed E-state index contributed by atoms with van der Waals surface area (Å²) in [6, 6.07) is 19.8. The number of hydrogen-bond donors (Lipinski definition) is 2. The van der Waals surface area contributed by atoms with Crippen LogP contribution in [0.25, 0.3) is 0 Å². The lowest BCUT2D eigenvalue weighted by molar-refractivity contribution is 0.0948. The van der Waals surface area contributed by atoms with Crippen molar-refractivity contribution < 1.29 is 18.7 Å². The van der Waals surface area contributed by atoms with Crippen molar-refractivity contribution in [2.45, 2.75) is 25.5 Å². The number of carbonyl (C=O) groups is 2. The summed E-state index contributed by atoms with van der Waals surface area (Å²) in [5, 5.41) is 5.69. The molecule has 2 aromatic carbocycles. The number of furan rings is 1. The van der Waals surface area contributed by atoms with Gasteiger partial charge in [-0.2, -0.15) is 0 Å². The molecule has 2 amide bonds. The van der Waals surface area contributed by atoms with Crippen LogP contribution in [-0.4, -0.2) is 17.9 Å². The SMILES string of the molecule is O=C(NC1CC1)c1cccc(NC(=O)c2ccc(COc3ccccc3)o2)c1. The van der Waals surface area contributed by atoms with Gasteiger partial charge in [-0.25, -0.2) is 0 Å². The van der Waals surface area contributed by atoms with E-state index in [1.165, 1.54) is 0 Å². The number of benzene rings is 2. The van der Waals surface area contributed by atoms with E-state index in [0.717, 1.165) is 18.6 Å². The third-order valence-electron chi connectivity index (χ3n) is 4.30. The van der Waals surface area contributed by atoms with Crippen molar-refractivity contribution in [1.82, 2.24) is 5.32 Å². The largest absolute Gasteiger partial charge is 0.486 e. The van der Waals surface area contributed by atoms with Gasteiger partial charge in [0.2, 0.25) is 0 Å². The molecule has 6 nitrogen and oxygen atoms in total. The topological polar surface area (TPSA) is 80.6 Å². The Morgan fingerprint density at radius 1 is 0.964 bits per heavy atom. The summed E-state index contributed by atoms with van der Waals surface area (Å²) >= 11 is 0. The van der Waals surface area contributed by atoms with Crippen LogP contribution >= 0.6 is 0 Å². The van der Waals surface area contributed by atoms with Crippen LogP contribution in [-0.2, 0) is 6.61 Å². The lowest BCUT2D eigenvalue weighted by Crippen LogP contribution is -2.25. The van der Waals surface area contributed by atoms with Gasteiger partial charge in [0.1, 0.15) is 18.1 Å². The molecule has 1 aliphatic rings. The zero-order chi connectivity index (χ0) is 19.3. The summed E-state index contributed by atoms with van der Waals surface area (Å²) in [5.74, 6) is 0.944. The molecule has 1 heterocycles. The zero-order valence-electron chi connectivity index (χ0n) is 15.2. The Labute approximate surface area is 162 Å². The van der Waals surface area contributed by atoms with Crippen molar-refractivity contribution in [3.05, 3.63) is 83.8 Å². The number of hydrogen-bond acceptors (Lipinski definition) is 4. The van der Waals surface area contributed by atoms with Crippen LogP contribution in [0.3, 0.4) is 0 Å². The van der Waals surface area contributed by atoms with Gasteiger partial charge < -0.3 is 19.8 Å². The Kier molecular flexibility index (Phi) is 5.10. The fourth-order valence-corrected chi connectivity index (χ4v) is 2.68. The molecule has 1 fully saturated rings. The van der Waals surface area contributed by atoms with Crippen molar-refractivity contribution >= 4 is 17.5 Å². The maximum atomic E-state index is 12.4. The fourth-order valence-electron chi connectivity index (χ4n) is 2.68. The van der Waals surface area contributed by atoms with E-state index >= 15 is 0 Å². The fraction of sp³-hybridized carbons (Fsp3) is 0.182. The third kappa shape index (κ3) is 4.59. The highest BCUT2D eigenvalue weighted by atomic mass is 16.5. The maximum Gasteiger partial charge on any atom is 0.291 e. The summed E-state index contributed by atoms with van der Waals surface area (Å²) in [6.07, 6.45) is 2.05. The van der Waals surface area contributed by atoms with E-state index < -0.39 is 0 Å². The van der Waals surface area contributed by atoms with Gasteiger partial charge in [0.05, 0.1) is 0 Å². The summed E-state index contributed by atoms with van der Waals surface area (Å²) in [7, 11) is 0. The Bertz CT molecular complexity index is 977. The Hall–Kier alpha value is -3.54. The molecule has 28 heavy (non-hydrogen) atoms. The quantitative estimate of drug-likeness (QED) is 0.653. The predicted molar refractivity (Wildman–Crippen MR) is 104 cm³/mol. The van der Waals surface area contributed by atoms with E-state index in [1.807, 2.05) is 30.3 Å². The number of anilines is 1. The molecule has 1 saturated carbocycles. The molecule has 0 aliphatic heterocycles. The van der Waals surface area contributed by atoms with Crippen LogP contribution in [0.4, 0.5) is 5.69 Å². The van der Waals surface area contributed by atoms with E-state index in [9.17, 15) is 9.59 Å². The number of ether oxygens (including phenoxy) is 1. The molecule has 0 spiro atoms. The second kappa shape index (κ2) is 8.00. The Morgan fingerprint density at radius 3 is 2.57 bits per heavy atom. The van der Waals surface area contributed by atoms with Crippen LogP contribution in [0.1, 0.15) is 39.5 Å². The standard InChI is InChI=1S/C22H20N2O4/c25-21(23-16-9-10-16)15-5-4-6-17(13-15)24-22(26)20-12-11-19(28-20)14-27-18-7-2-1-3-8-18/h1-8,11-13,16H,9-10,14H2,(H,23,25)(H,24,26). The number of carbonyl (C=O) groups excluding carboxylic acids is 2. The van der Waals surface area contributed by atoms with Gasteiger partial charge in [-0.1, -0.05) is 24.3 Å². The molecule has 0 radical (unpaired) electrons. The molecule has 0 saturated heterocycles. The first-order valence-corrected chi connectivity index (χ1v) is 9.16. The van der Waals surface area contributed by atoms with Crippen molar-refractivity contribution in [1.29, 1.82) is 0 Å². The summed E-state index contributed by atoms with van der Waals surface area (Å²) < 4.78 is 11.2. The third-order valence-corrected chi connectivity index (χ3v) is 4.30. The zero-order valence-corrected chi connectivity index (χ0v) is 15.2. The van der Waals surface area contributed by atoms with Gasteiger partial charge in [-0.15, -0.1) is 0 Å². The average Bonchev–Trinajstić information content (AvgIpc) is 3.40. The predicted octanol–water partition coefficient (Wildman–Crippen LogP) is 4.00. The van der Waals surface area contributed by atoms with Crippen LogP contribution in [0, 0.1) is 0 Å².